The zero-order valence-electron chi connectivity index (χ0n) is 9.37. The Morgan fingerprint density at radius 2 is 1.86 bits per heavy atom. The van der Waals surface area contributed by atoms with Gasteiger partial charge in [-0.3, -0.25) is 4.79 Å². The highest BCUT2D eigenvalue weighted by Crippen LogP contribution is 2.40. The van der Waals surface area contributed by atoms with Gasteiger partial charge in [0.2, 0.25) is 0 Å². The van der Waals surface area contributed by atoms with Crippen LogP contribution in [0.25, 0.3) is 0 Å². The summed E-state index contributed by atoms with van der Waals surface area (Å²) < 4.78 is 10.4. The van der Waals surface area contributed by atoms with Crippen LogP contribution in [0.5, 0.6) is 0 Å². The summed E-state index contributed by atoms with van der Waals surface area (Å²) >= 11 is 0. The van der Waals surface area contributed by atoms with E-state index in [4.69, 9.17) is 8.85 Å². The molecule has 0 bridgehead atoms. The molecule has 0 saturated heterocycles. The second kappa shape index (κ2) is 6.16. The summed E-state index contributed by atoms with van der Waals surface area (Å²) in [6.45, 7) is 3.85. The molecule has 5 heteroatoms. The zero-order chi connectivity index (χ0) is 11.2. The molecule has 4 nitrogen and oxygen atoms in total. The van der Waals surface area contributed by atoms with Crippen molar-refractivity contribution >= 4 is 15.3 Å². The van der Waals surface area contributed by atoms with Gasteiger partial charge in [0.1, 0.15) is 5.04 Å². The maximum atomic E-state index is 11.3. The molecule has 84 valence electrons. The highest BCUT2D eigenvalue weighted by molar-refractivity contribution is 6.54. The summed E-state index contributed by atoms with van der Waals surface area (Å²) in [5, 5.41) is 8.48. The molecule has 0 amide bonds. The van der Waals surface area contributed by atoms with E-state index in [2.05, 4.69) is 0 Å². The van der Waals surface area contributed by atoms with Crippen LogP contribution in [-0.2, 0) is 13.6 Å². The van der Waals surface area contributed by atoms with E-state index in [0.29, 0.717) is 12.8 Å². The number of hydrogen-bond acceptors (Lipinski definition) is 3. The van der Waals surface area contributed by atoms with Crippen LogP contribution in [0.15, 0.2) is 0 Å². The van der Waals surface area contributed by atoms with Crippen LogP contribution in [0.1, 0.15) is 33.1 Å². The predicted molar refractivity (Wildman–Crippen MR) is 56.7 cm³/mol. The molecule has 0 radical (unpaired) electrons. The summed E-state index contributed by atoms with van der Waals surface area (Å²) in [7, 11) is 0.944. The van der Waals surface area contributed by atoms with Gasteiger partial charge < -0.3 is 14.0 Å². The molecule has 0 fully saturated rings. The third-order valence-corrected chi connectivity index (χ3v) is 5.33. The molecule has 0 spiro atoms. The maximum absolute atomic E-state index is 11.3. The molecule has 0 aromatic rings. The van der Waals surface area contributed by atoms with Crippen molar-refractivity contribution in [3.63, 3.8) is 0 Å². The van der Waals surface area contributed by atoms with E-state index in [1.807, 2.05) is 13.8 Å². The van der Waals surface area contributed by atoms with Crippen molar-refractivity contribution < 1.29 is 18.8 Å². The molecule has 1 unspecified atom stereocenters. The van der Waals surface area contributed by atoms with Gasteiger partial charge in [0.05, 0.1) is 0 Å². The van der Waals surface area contributed by atoms with E-state index in [-0.39, 0.29) is 0 Å². The molecule has 0 aliphatic rings. The fraction of sp³-hybridized carbons (Fsp3) is 0.889. The van der Waals surface area contributed by atoms with Crippen molar-refractivity contribution in [2.24, 2.45) is 0 Å². The molecule has 0 rings (SSSR count). The summed E-state index contributed by atoms with van der Waals surface area (Å²) in [5.41, 5.74) is 0. The minimum absolute atomic E-state index is 0.564. The predicted octanol–water partition coefficient (Wildman–Crippen LogP) is 1.53. The molecular weight excluding hydrogens is 200 g/mol. The van der Waals surface area contributed by atoms with Crippen molar-refractivity contribution in [3.8, 4) is 0 Å². The molecule has 0 aliphatic carbocycles. The molecule has 14 heavy (non-hydrogen) atoms. The molecule has 0 aliphatic heterocycles. The molecular formula is C9H20O4Si. The van der Waals surface area contributed by atoms with E-state index < -0.39 is 20.3 Å². The van der Waals surface area contributed by atoms with Crippen molar-refractivity contribution in [1.29, 1.82) is 0 Å². The highest BCUT2D eigenvalue weighted by Gasteiger charge is 2.47. The van der Waals surface area contributed by atoms with Crippen LogP contribution in [0.2, 0.25) is 5.04 Å². The van der Waals surface area contributed by atoms with Gasteiger partial charge >= 0.3 is 15.3 Å². The van der Waals surface area contributed by atoms with Gasteiger partial charge in [0, 0.05) is 14.2 Å². The lowest BCUT2D eigenvalue weighted by Gasteiger charge is -2.32. The van der Waals surface area contributed by atoms with Crippen LogP contribution in [0.3, 0.4) is 0 Å². The SMILES string of the molecule is CCCC(CC)(C(=O)O)[SiH](OC)OC. The van der Waals surface area contributed by atoms with Gasteiger partial charge in [-0.1, -0.05) is 20.3 Å². The molecule has 0 aromatic carbocycles. The molecule has 0 aromatic heterocycles. The Morgan fingerprint density at radius 1 is 1.36 bits per heavy atom. The first-order chi connectivity index (χ1) is 6.58. The van der Waals surface area contributed by atoms with Gasteiger partial charge in [-0.25, -0.2) is 0 Å². The number of carboxylic acid groups (broad SMARTS) is 1. The van der Waals surface area contributed by atoms with Gasteiger partial charge in [0.15, 0.2) is 0 Å². The quantitative estimate of drug-likeness (QED) is 0.661. The first-order valence-corrected chi connectivity index (χ1v) is 6.40. The summed E-state index contributed by atoms with van der Waals surface area (Å²) in [6, 6.07) is 0. The smallest absolute Gasteiger partial charge is 0.338 e. The van der Waals surface area contributed by atoms with Gasteiger partial charge in [-0.15, -0.1) is 0 Å². The fourth-order valence-electron chi connectivity index (χ4n) is 1.81. The Bertz CT molecular complexity index is 182. The van der Waals surface area contributed by atoms with E-state index in [0.717, 1.165) is 6.42 Å². The Balaban J connectivity index is 4.89. The van der Waals surface area contributed by atoms with Crippen molar-refractivity contribution in [2.75, 3.05) is 14.2 Å². The van der Waals surface area contributed by atoms with Crippen molar-refractivity contribution in [1.82, 2.24) is 0 Å². The van der Waals surface area contributed by atoms with Crippen LogP contribution in [-0.4, -0.2) is 34.6 Å². The minimum Gasteiger partial charge on any atom is -0.481 e. The maximum Gasteiger partial charge on any atom is 0.338 e. The Kier molecular flexibility index (Phi) is 5.99. The van der Waals surface area contributed by atoms with Crippen molar-refractivity contribution in [3.05, 3.63) is 0 Å². The fourth-order valence-corrected chi connectivity index (χ4v) is 3.97. The Morgan fingerprint density at radius 3 is 2.07 bits per heavy atom. The number of hydrogen-bond donors (Lipinski definition) is 1. The largest absolute Gasteiger partial charge is 0.481 e. The minimum atomic E-state index is -2.12. The summed E-state index contributed by atoms with van der Waals surface area (Å²) in [5.74, 6) is -0.790. The van der Waals surface area contributed by atoms with Gasteiger partial charge in [0.25, 0.3) is 0 Å². The number of aliphatic carboxylic acids is 1. The average Bonchev–Trinajstić information content (AvgIpc) is 2.17. The van der Waals surface area contributed by atoms with E-state index in [9.17, 15) is 9.90 Å². The average molecular weight is 220 g/mol. The molecule has 1 atom stereocenters. The lowest BCUT2D eigenvalue weighted by molar-refractivity contribution is -0.142. The normalized spacial score (nSPS) is 15.5. The topological polar surface area (TPSA) is 55.8 Å². The lowest BCUT2D eigenvalue weighted by atomic mass is 10.00. The summed E-state index contributed by atoms with van der Waals surface area (Å²) in [6.07, 6.45) is 2.02. The Labute approximate surface area is 87.1 Å². The van der Waals surface area contributed by atoms with Crippen molar-refractivity contribution in [2.45, 2.75) is 38.1 Å². The zero-order valence-corrected chi connectivity index (χ0v) is 10.5. The van der Waals surface area contributed by atoms with E-state index in [1.165, 1.54) is 14.2 Å². The molecule has 1 N–H and O–H groups in total. The highest BCUT2D eigenvalue weighted by atomic mass is 28.3. The van der Waals surface area contributed by atoms with Gasteiger partial charge in [-0.05, 0) is 12.8 Å². The van der Waals surface area contributed by atoms with E-state index in [1.54, 1.807) is 0 Å². The molecule has 0 heterocycles. The first-order valence-electron chi connectivity index (χ1n) is 4.88. The van der Waals surface area contributed by atoms with Crippen LogP contribution in [0.4, 0.5) is 0 Å². The summed E-state index contributed by atoms with van der Waals surface area (Å²) in [4.78, 5) is 11.3. The van der Waals surface area contributed by atoms with E-state index >= 15 is 0 Å². The third-order valence-electron chi connectivity index (χ3n) is 2.63. The second-order valence-electron chi connectivity index (χ2n) is 3.37. The van der Waals surface area contributed by atoms with Crippen LogP contribution >= 0.6 is 0 Å². The Hall–Kier alpha value is -0.393. The third kappa shape index (κ3) is 2.56. The second-order valence-corrected chi connectivity index (χ2v) is 6.08. The standard InChI is InChI=1S/C9H20O4Si/c1-5-7-9(6-2,8(10)11)14(12-3)13-4/h14H,5-7H2,1-4H3,(H,10,11). The lowest BCUT2D eigenvalue weighted by Crippen LogP contribution is -2.42. The number of rotatable bonds is 7. The van der Waals surface area contributed by atoms with Gasteiger partial charge in [-0.2, -0.15) is 0 Å². The monoisotopic (exact) mass is 220 g/mol. The molecule has 0 saturated carbocycles. The number of carbonyl (C=O) groups is 1. The number of carboxylic acids is 1. The van der Waals surface area contributed by atoms with Crippen LogP contribution < -0.4 is 0 Å². The first kappa shape index (κ1) is 13.6. The van der Waals surface area contributed by atoms with Crippen LogP contribution in [0, 0.1) is 0 Å².